The van der Waals surface area contributed by atoms with E-state index in [-0.39, 0.29) is 5.92 Å². The molecule has 0 saturated carbocycles. The van der Waals surface area contributed by atoms with Crippen LogP contribution in [0.2, 0.25) is 0 Å². The maximum absolute atomic E-state index is 12.0. The fraction of sp³-hybridized carbons (Fsp3) is 0.917. The van der Waals surface area contributed by atoms with E-state index in [2.05, 4.69) is 27.7 Å². The zero-order valence-electron chi connectivity index (χ0n) is 10.5. The predicted molar refractivity (Wildman–Crippen MR) is 61.1 cm³/mol. The summed E-state index contributed by atoms with van der Waals surface area (Å²) in [6, 6.07) is 0. The highest BCUT2D eigenvalue weighted by atomic mass is 16.2. The molecule has 0 fully saturated rings. The fourth-order valence-electron chi connectivity index (χ4n) is 1.39. The predicted octanol–water partition coefficient (Wildman–Crippen LogP) is 2.78. The second-order valence-electron chi connectivity index (χ2n) is 4.80. The van der Waals surface area contributed by atoms with Gasteiger partial charge in [0.05, 0.1) is 0 Å². The molecule has 0 rings (SSSR count). The van der Waals surface area contributed by atoms with Crippen molar-refractivity contribution in [1.29, 1.82) is 0 Å². The molecule has 0 saturated heterocycles. The van der Waals surface area contributed by atoms with E-state index in [9.17, 15) is 4.79 Å². The van der Waals surface area contributed by atoms with Gasteiger partial charge >= 0.3 is 0 Å². The second kappa shape index (κ2) is 6.05. The average Bonchev–Trinajstić information content (AvgIpc) is 2.11. The van der Waals surface area contributed by atoms with E-state index >= 15 is 0 Å². The molecule has 0 spiro atoms. The minimum atomic E-state index is 0.147. The molecule has 14 heavy (non-hydrogen) atoms. The number of carbonyl (C=O) groups excluding carboxylic acids is 1. The van der Waals surface area contributed by atoms with E-state index in [1.807, 2.05) is 18.7 Å². The van der Waals surface area contributed by atoms with Gasteiger partial charge in [0.1, 0.15) is 0 Å². The summed E-state index contributed by atoms with van der Waals surface area (Å²) in [7, 11) is 0. The minimum absolute atomic E-state index is 0.147. The topological polar surface area (TPSA) is 20.3 Å². The molecule has 0 radical (unpaired) electrons. The zero-order valence-corrected chi connectivity index (χ0v) is 10.5. The van der Waals surface area contributed by atoms with Gasteiger partial charge in [-0.2, -0.15) is 0 Å². The summed E-state index contributed by atoms with van der Waals surface area (Å²) in [6.07, 6.45) is 0. The molecule has 0 aromatic rings. The molecule has 0 N–H and O–H groups in total. The monoisotopic (exact) mass is 199 g/mol. The van der Waals surface area contributed by atoms with Crippen LogP contribution in [0.25, 0.3) is 0 Å². The standard InChI is InChI=1S/C12H25NO/c1-7-13(8-9(2)3)12(14)11(6)10(4)5/h9-11H,7-8H2,1-6H3. The molecule has 0 aliphatic carbocycles. The van der Waals surface area contributed by atoms with Gasteiger partial charge in [-0.1, -0.05) is 34.6 Å². The lowest BCUT2D eigenvalue weighted by atomic mass is 9.96. The van der Waals surface area contributed by atoms with Crippen LogP contribution in [0.4, 0.5) is 0 Å². The first kappa shape index (κ1) is 13.5. The Morgan fingerprint density at radius 2 is 1.64 bits per heavy atom. The highest BCUT2D eigenvalue weighted by Crippen LogP contribution is 2.14. The Morgan fingerprint density at radius 1 is 1.14 bits per heavy atom. The third kappa shape index (κ3) is 4.12. The lowest BCUT2D eigenvalue weighted by molar-refractivity contribution is -0.136. The Labute approximate surface area is 88.7 Å². The molecule has 2 nitrogen and oxygen atoms in total. The first-order valence-corrected chi connectivity index (χ1v) is 5.68. The van der Waals surface area contributed by atoms with Crippen molar-refractivity contribution in [3.8, 4) is 0 Å². The SMILES string of the molecule is CCN(CC(C)C)C(=O)C(C)C(C)C. The molecule has 1 amide bonds. The maximum atomic E-state index is 12.0. The normalized spacial score (nSPS) is 13.4. The summed E-state index contributed by atoms with van der Waals surface area (Å²) < 4.78 is 0. The van der Waals surface area contributed by atoms with Gasteiger partial charge in [0, 0.05) is 19.0 Å². The molecule has 1 atom stereocenters. The molecule has 0 heterocycles. The molecule has 84 valence electrons. The van der Waals surface area contributed by atoms with Crippen molar-refractivity contribution >= 4 is 5.91 Å². The number of amides is 1. The van der Waals surface area contributed by atoms with E-state index in [0.717, 1.165) is 13.1 Å². The lowest BCUT2D eigenvalue weighted by Crippen LogP contribution is -2.39. The largest absolute Gasteiger partial charge is 0.342 e. The summed E-state index contributed by atoms with van der Waals surface area (Å²) in [5.41, 5.74) is 0. The Kier molecular flexibility index (Phi) is 5.82. The molecular formula is C12H25NO. The van der Waals surface area contributed by atoms with Gasteiger partial charge in [0.25, 0.3) is 0 Å². The van der Waals surface area contributed by atoms with Crippen LogP contribution < -0.4 is 0 Å². The summed E-state index contributed by atoms with van der Waals surface area (Å²) in [6.45, 7) is 14.3. The molecule has 2 heteroatoms. The van der Waals surface area contributed by atoms with Crippen LogP contribution in [0.5, 0.6) is 0 Å². The second-order valence-corrected chi connectivity index (χ2v) is 4.80. The third-order valence-corrected chi connectivity index (χ3v) is 2.67. The molecule has 1 unspecified atom stereocenters. The fourth-order valence-corrected chi connectivity index (χ4v) is 1.39. The van der Waals surface area contributed by atoms with Gasteiger partial charge in [-0.15, -0.1) is 0 Å². The minimum Gasteiger partial charge on any atom is -0.342 e. The Morgan fingerprint density at radius 3 is 1.93 bits per heavy atom. The molecule has 0 aliphatic heterocycles. The molecular weight excluding hydrogens is 174 g/mol. The highest BCUT2D eigenvalue weighted by Gasteiger charge is 2.22. The van der Waals surface area contributed by atoms with Crippen LogP contribution in [-0.4, -0.2) is 23.9 Å². The van der Waals surface area contributed by atoms with Crippen LogP contribution >= 0.6 is 0 Å². The van der Waals surface area contributed by atoms with Crippen LogP contribution in [0, 0.1) is 17.8 Å². The quantitative estimate of drug-likeness (QED) is 0.666. The molecule has 0 aromatic heterocycles. The van der Waals surface area contributed by atoms with Crippen molar-refractivity contribution in [3.63, 3.8) is 0 Å². The summed E-state index contributed by atoms with van der Waals surface area (Å²) >= 11 is 0. The van der Waals surface area contributed by atoms with Crippen LogP contribution in [0.15, 0.2) is 0 Å². The molecule has 0 aliphatic rings. The Hall–Kier alpha value is -0.530. The van der Waals surface area contributed by atoms with Gasteiger partial charge in [-0.05, 0) is 18.8 Å². The maximum Gasteiger partial charge on any atom is 0.225 e. The van der Waals surface area contributed by atoms with E-state index in [4.69, 9.17) is 0 Å². The average molecular weight is 199 g/mol. The molecule has 0 aromatic carbocycles. The van der Waals surface area contributed by atoms with Crippen molar-refractivity contribution < 1.29 is 4.79 Å². The van der Waals surface area contributed by atoms with Crippen molar-refractivity contribution in [2.24, 2.45) is 17.8 Å². The van der Waals surface area contributed by atoms with E-state index < -0.39 is 0 Å². The van der Waals surface area contributed by atoms with Crippen molar-refractivity contribution in [2.75, 3.05) is 13.1 Å². The van der Waals surface area contributed by atoms with Gasteiger partial charge in [-0.25, -0.2) is 0 Å². The summed E-state index contributed by atoms with van der Waals surface area (Å²) in [5, 5.41) is 0. The van der Waals surface area contributed by atoms with Crippen molar-refractivity contribution in [3.05, 3.63) is 0 Å². The number of hydrogen-bond donors (Lipinski definition) is 0. The van der Waals surface area contributed by atoms with Crippen LogP contribution in [-0.2, 0) is 4.79 Å². The van der Waals surface area contributed by atoms with Crippen LogP contribution in [0.1, 0.15) is 41.5 Å². The smallest absolute Gasteiger partial charge is 0.225 e. The van der Waals surface area contributed by atoms with Gasteiger partial charge < -0.3 is 4.90 Å². The van der Waals surface area contributed by atoms with Crippen molar-refractivity contribution in [1.82, 2.24) is 4.90 Å². The van der Waals surface area contributed by atoms with E-state index in [1.54, 1.807) is 0 Å². The van der Waals surface area contributed by atoms with E-state index in [0.29, 0.717) is 17.7 Å². The number of carbonyl (C=O) groups is 1. The summed E-state index contributed by atoms with van der Waals surface area (Å²) in [4.78, 5) is 13.9. The van der Waals surface area contributed by atoms with Gasteiger partial charge in [-0.3, -0.25) is 4.79 Å². The Balaban J connectivity index is 4.30. The van der Waals surface area contributed by atoms with Crippen molar-refractivity contribution in [2.45, 2.75) is 41.5 Å². The zero-order chi connectivity index (χ0) is 11.3. The van der Waals surface area contributed by atoms with Gasteiger partial charge in [0.15, 0.2) is 0 Å². The molecule has 0 bridgehead atoms. The third-order valence-electron chi connectivity index (χ3n) is 2.67. The van der Waals surface area contributed by atoms with Crippen LogP contribution in [0.3, 0.4) is 0 Å². The van der Waals surface area contributed by atoms with E-state index in [1.165, 1.54) is 0 Å². The Bertz CT molecular complexity index is 175. The first-order valence-electron chi connectivity index (χ1n) is 5.68. The van der Waals surface area contributed by atoms with Gasteiger partial charge in [0.2, 0.25) is 5.91 Å². The highest BCUT2D eigenvalue weighted by molar-refractivity contribution is 5.78. The number of nitrogens with zero attached hydrogens (tertiary/aromatic N) is 1. The number of rotatable bonds is 5. The first-order chi connectivity index (χ1) is 6.40. The lowest BCUT2D eigenvalue weighted by Gasteiger charge is -2.27. The number of hydrogen-bond acceptors (Lipinski definition) is 1. The summed E-state index contributed by atoms with van der Waals surface area (Å²) in [5.74, 6) is 1.44.